The Hall–Kier alpha value is -1.30. The first-order valence-electron chi connectivity index (χ1n) is 8.08. The fraction of sp³-hybridized carbons (Fsp3) is 0.588. The first-order valence-corrected chi connectivity index (χ1v) is 8.46. The lowest BCUT2D eigenvalue weighted by Gasteiger charge is -2.30. The summed E-state index contributed by atoms with van der Waals surface area (Å²) in [5.41, 5.74) is 1.42. The van der Waals surface area contributed by atoms with Gasteiger partial charge in [-0.15, -0.1) is 0 Å². The van der Waals surface area contributed by atoms with E-state index in [1.807, 2.05) is 6.07 Å². The molecule has 0 heterocycles. The molecule has 23 heavy (non-hydrogen) atoms. The summed E-state index contributed by atoms with van der Waals surface area (Å²) in [5.74, 6) is 1.21. The molecule has 126 valence electrons. The van der Waals surface area contributed by atoms with Gasteiger partial charge >= 0.3 is 6.03 Å². The highest BCUT2D eigenvalue weighted by atomic mass is 35.5. The minimum atomic E-state index is -0.249. The lowest BCUT2D eigenvalue weighted by atomic mass is 9.85. The van der Waals surface area contributed by atoms with Gasteiger partial charge in [-0.1, -0.05) is 17.7 Å². The molecule has 2 aliphatic carbocycles. The standard InChI is InChI=1S/C17H23ClN2O3/c1-23-9-13-14(18)3-2-4-15(13)19-17(22)20-16-11-6-5-10(7-11)12(16)8-21/h2-4,10-12,16,21H,5-9H2,1H3,(H2,19,20,22). The molecule has 2 bridgehead atoms. The average Bonchev–Trinajstić information content (AvgIpc) is 3.12. The number of aliphatic hydroxyl groups excluding tert-OH is 1. The Labute approximate surface area is 141 Å². The zero-order valence-corrected chi connectivity index (χ0v) is 14.0. The van der Waals surface area contributed by atoms with Crippen LogP contribution in [0.1, 0.15) is 24.8 Å². The van der Waals surface area contributed by atoms with Gasteiger partial charge in [-0.3, -0.25) is 0 Å². The third-order valence-electron chi connectivity index (χ3n) is 5.25. The number of rotatable bonds is 5. The normalized spacial score (nSPS) is 28.8. The van der Waals surface area contributed by atoms with Crippen molar-refractivity contribution in [3.63, 3.8) is 0 Å². The second-order valence-electron chi connectivity index (χ2n) is 6.50. The number of halogens is 1. The number of hydrogen-bond acceptors (Lipinski definition) is 3. The number of urea groups is 1. The molecule has 2 fully saturated rings. The predicted octanol–water partition coefficient (Wildman–Crippen LogP) is 3.01. The zero-order chi connectivity index (χ0) is 16.4. The number of carbonyl (C=O) groups excluding carboxylic acids is 1. The number of amides is 2. The van der Waals surface area contributed by atoms with Crippen molar-refractivity contribution in [1.29, 1.82) is 0 Å². The molecule has 2 amide bonds. The van der Waals surface area contributed by atoms with E-state index >= 15 is 0 Å². The Bertz CT molecular complexity index is 581. The third kappa shape index (κ3) is 3.32. The molecule has 4 atom stereocenters. The molecular weight excluding hydrogens is 316 g/mol. The molecule has 3 N–H and O–H groups in total. The van der Waals surface area contributed by atoms with E-state index in [4.69, 9.17) is 16.3 Å². The van der Waals surface area contributed by atoms with Crippen LogP contribution in [0.15, 0.2) is 18.2 Å². The van der Waals surface area contributed by atoms with Crippen molar-refractivity contribution in [3.8, 4) is 0 Å². The van der Waals surface area contributed by atoms with Gasteiger partial charge in [0.15, 0.2) is 0 Å². The first kappa shape index (κ1) is 16.6. The molecule has 1 aromatic rings. The quantitative estimate of drug-likeness (QED) is 0.773. The minimum absolute atomic E-state index is 0.0591. The number of methoxy groups -OCH3 is 1. The van der Waals surface area contributed by atoms with Crippen molar-refractivity contribution in [2.24, 2.45) is 17.8 Å². The van der Waals surface area contributed by atoms with E-state index in [1.54, 1.807) is 19.2 Å². The lowest BCUT2D eigenvalue weighted by molar-refractivity contribution is 0.146. The number of benzene rings is 1. The maximum absolute atomic E-state index is 12.4. The van der Waals surface area contributed by atoms with E-state index in [0.29, 0.717) is 29.2 Å². The number of carbonyl (C=O) groups is 1. The maximum Gasteiger partial charge on any atom is 0.319 e. The molecule has 2 saturated carbocycles. The van der Waals surface area contributed by atoms with Gasteiger partial charge in [-0.25, -0.2) is 4.79 Å². The SMILES string of the molecule is COCc1c(Cl)cccc1NC(=O)NC1C2CCC(C2)C1CO. The van der Waals surface area contributed by atoms with Gasteiger partial charge in [-0.2, -0.15) is 0 Å². The van der Waals surface area contributed by atoms with Crippen LogP contribution >= 0.6 is 11.6 Å². The number of anilines is 1. The predicted molar refractivity (Wildman–Crippen MR) is 89.5 cm³/mol. The van der Waals surface area contributed by atoms with Crippen molar-refractivity contribution in [3.05, 3.63) is 28.8 Å². The molecule has 1 aromatic carbocycles. The molecule has 0 saturated heterocycles. The van der Waals surface area contributed by atoms with Crippen LogP contribution in [0.5, 0.6) is 0 Å². The molecular formula is C17H23ClN2O3. The van der Waals surface area contributed by atoms with Crippen LogP contribution in [0.4, 0.5) is 10.5 Å². The summed E-state index contributed by atoms with van der Waals surface area (Å²) >= 11 is 6.17. The average molecular weight is 339 g/mol. The number of nitrogens with one attached hydrogen (secondary N) is 2. The van der Waals surface area contributed by atoms with Gasteiger partial charge in [0.1, 0.15) is 0 Å². The molecule has 3 rings (SSSR count). The molecule has 0 spiro atoms. The van der Waals surface area contributed by atoms with E-state index in [9.17, 15) is 9.90 Å². The molecule has 5 nitrogen and oxygen atoms in total. The summed E-state index contributed by atoms with van der Waals surface area (Å²) in [6.07, 6.45) is 3.42. The molecule has 0 radical (unpaired) electrons. The Kier molecular flexibility index (Phi) is 5.09. The number of ether oxygens (including phenoxy) is 1. The van der Waals surface area contributed by atoms with Crippen LogP contribution in [0.3, 0.4) is 0 Å². The summed E-state index contributed by atoms with van der Waals surface area (Å²) < 4.78 is 5.15. The summed E-state index contributed by atoms with van der Waals surface area (Å²) in [6.45, 7) is 0.473. The largest absolute Gasteiger partial charge is 0.396 e. The van der Waals surface area contributed by atoms with Gasteiger partial charge in [0.2, 0.25) is 0 Å². The lowest BCUT2D eigenvalue weighted by Crippen LogP contribution is -2.46. The summed E-state index contributed by atoms with van der Waals surface area (Å²) in [5, 5.41) is 16.1. The molecule has 2 aliphatic rings. The van der Waals surface area contributed by atoms with E-state index in [0.717, 1.165) is 18.4 Å². The smallest absolute Gasteiger partial charge is 0.319 e. The Balaban J connectivity index is 1.67. The highest BCUT2D eigenvalue weighted by Gasteiger charge is 2.47. The van der Waals surface area contributed by atoms with Gasteiger partial charge in [0, 0.05) is 41.9 Å². The van der Waals surface area contributed by atoms with Crippen LogP contribution < -0.4 is 10.6 Å². The summed E-state index contributed by atoms with van der Waals surface area (Å²) in [7, 11) is 1.59. The van der Waals surface area contributed by atoms with Crippen molar-refractivity contribution >= 4 is 23.3 Å². The number of hydrogen-bond donors (Lipinski definition) is 3. The number of aliphatic hydroxyl groups is 1. The Morgan fingerprint density at radius 3 is 2.91 bits per heavy atom. The van der Waals surface area contributed by atoms with Crippen molar-refractivity contribution < 1.29 is 14.6 Å². The fourth-order valence-electron chi connectivity index (χ4n) is 4.17. The molecule has 4 unspecified atom stereocenters. The highest BCUT2D eigenvalue weighted by Crippen LogP contribution is 2.48. The third-order valence-corrected chi connectivity index (χ3v) is 5.61. The second-order valence-corrected chi connectivity index (χ2v) is 6.91. The Morgan fingerprint density at radius 2 is 2.17 bits per heavy atom. The monoisotopic (exact) mass is 338 g/mol. The van der Waals surface area contributed by atoms with Crippen LogP contribution in [0.2, 0.25) is 5.02 Å². The number of fused-ring (bicyclic) bond motifs is 2. The zero-order valence-electron chi connectivity index (χ0n) is 13.2. The van der Waals surface area contributed by atoms with Crippen LogP contribution in [0, 0.1) is 17.8 Å². The van der Waals surface area contributed by atoms with E-state index in [-0.39, 0.29) is 24.6 Å². The van der Waals surface area contributed by atoms with Crippen LogP contribution in [-0.2, 0) is 11.3 Å². The summed E-state index contributed by atoms with van der Waals surface area (Å²) in [6, 6.07) is 5.19. The minimum Gasteiger partial charge on any atom is -0.396 e. The second kappa shape index (κ2) is 7.07. The van der Waals surface area contributed by atoms with E-state index in [2.05, 4.69) is 10.6 Å². The maximum atomic E-state index is 12.4. The van der Waals surface area contributed by atoms with Gasteiger partial charge < -0.3 is 20.5 Å². The Morgan fingerprint density at radius 1 is 1.39 bits per heavy atom. The molecule has 6 heteroatoms. The van der Waals surface area contributed by atoms with E-state index < -0.39 is 0 Å². The van der Waals surface area contributed by atoms with Crippen LogP contribution in [0.25, 0.3) is 0 Å². The van der Waals surface area contributed by atoms with Crippen molar-refractivity contribution in [2.75, 3.05) is 19.0 Å². The van der Waals surface area contributed by atoms with E-state index in [1.165, 1.54) is 6.42 Å². The van der Waals surface area contributed by atoms with Crippen molar-refractivity contribution in [2.45, 2.75) is 31.9 Å². The fourth-order valence-corrected chi connectivity index (χ4v) is 4.40. The molecule has 0 aromatic heterocycles. The van der Waals surface area contributed by atoms with Gasteiger partial charge in [0.25, 0.3) is 0 Å². The van der Waals surface area contributed by atoms with Gasteiger partial charge in [0.05, 0.1) is 6.61 Å². The summed E-state index contributed by atoms with van der Waals surface area (Å²) in [4.78, 5) is 12.4. The van der Waals surface area contributed by atoms with Crippen molar-refractivity contribution in [1.82, 2.24) is 5.32 Å². The topological polar surface area (TPSA) is 70.6 Å². The van der Waals surface area contributed by atoms with Crippen LogP contribution in [-0.4, -0.2) is 30.9 Å². The highest BCUT2D eigenvalue weighted by molar-refractivity contribution is 6.31. The molecule has 0 aliphatic heterocycles. The first-order chi connectivity index (χ1) is 11.1. The van der Waals surface area contributed by atoms with Gasteiger partial charge in [-0.05, 0) is 43.2 Å².